The van der Waals surface area contributed by atoms with E-state index < -0.39 is 29.9 Å². The number of likely N-dealkylation sites (tertiary alicyclic amines) is 1. The maximum atomic E-state index is 14.0. The molecule has 33 heavy (non-hydrogen) atoms. The summed E-state index contributed by atoms with van der Waals surface area (Å²) in [6.07, 6.45) is -0.591. The van der Waals surface area contributed by atoms with E-state index in [9.17, 15) is 14.0 Å². The van der Waals surface area contributed by atoms with Crippen LogP contribution in [0.15, 0.2) is 48.5 Å². The third kappa shape index (κ3) is 4.97. The summed E-state index contributed by atoms with van der Waals surface area (Å²) in [6.45, 7) is 5.63. The largest absolute Gasteiger partial charge is 0.449 e. The Morgan fingerprint density at radius 3 is 2.27 bits per heavy atom. The monoisotopic (exact) mass is 454 g/mol. The first kappa shape index (κ1) is 23.1. The number of alkyl carbamates (subject to hydrolysis) is 1. The van der Waals surface area contributed by atoms with Gasteiger partial charge in [0.25, 0.3) is 0 Å². The summed E-state index contributed by atoms with van der Waals surface area (Å²) >= 11 is 0. The van der Waals surface area contributed by atoms with Crippen LogP contribution in [0.25, 0.3) is 11.1 Å². The molecule has 1 aliphatic heterocycles. The van der Waals surface area contributed by atoms with Crippen molar-refractivity contribution in [2.75, 3.05) is 32.9 Å². The molecule has 176 valence electrons. The summed E-state index contributed by atoms with van der Waals surface area (Å²) in [5.74, 6) is -0.0348. The van der Waals surface area contributed by atoms with Crippen LogP contribution in [0.2, 0.25) is 0 Å². The molecule has 1 saturated heterocycles. The van der Waals surface area contributed by atoms with Crippen molar-refractivity contribution in [3.05, 3.63) is 59.7 Å². The van der Waals surface area contributed by atoms with Gasteiger partial charge in [0.15, 0.2) is 0 Å². The number of fused-ring (bicyclic) bond motifs is 3. The molecule has 2 aromatic carbocycles. The Bertz CT molecular complexity index is 989. The van der Waals surface area contributed by atoms with Crippen LogP contribution in [0.3, 0.4) is 0 Å². The number of rotatable bonds is 5. The molecule has 0 saturated carbocycles. The fourth-order valence-corrected chi connectivity index (χ4v) is 4.63. The molecule has 1 aliphatic carbocycles. The maximum absolute atomic E-state index is 14.0. The number of ether oxygens (including phenoxy) is 2. The van der Waals surface area contributed by atoms with Crippen molar-refractivity contribution in [3.63, 3.8) is 0 Å². The van der Waals surface area contributed by atoms with Gasteiger partial charge in [-0.3, -0.25) is 4.39 Å². The Hall–Kier alpha value is -3.09. The maximum Gasteiger partial charge on any atom is 0.410 e. The molecule has 2 amide bonds. The van der Waals surface area contributed by atoms with Crippen molar-refractivity contribution in [2.24, 2.45) is 5.41 Å². The van der Waals surface area contributed by atoms with Crippen molar-refractivity contribution in [1.82, 2.24) is 10.2 Å². The number of alkyl halides is 1. The van der Waals surface area contributed by atoms with Gasteiger partial charge in [-0.15, -0.1) is 0 Å². The minimum absolute atomic E-state index is 0.0348. The van der Waals surface area contributed by atoms with Crippen molar-refractivity contribution in [2.45, 2.75) is 38.7 Å². The molecule has 1 fully saturated rings. The van der Waals surface area contributed by atoms with Gasteiger partial charge in [-0.25, -0.2) is 9.59 Å². The third-order valence-electron chi connectivity index (χ3n) is 6.32. The molecular weight excluding hydrogens is 423 g/mol. The molecule has 6 nitrogen and oxygen atoms in total. The van der Waals surface area contributed by atoms with Gasteiger partial charge >= 0.3 is 12.2 Å². The highest BCUT2D eigenvalue weighted by Crippen LogP contribution is 2.44. The predicted molar refractivity (Wildman–Crippen MR) is 124 cm³/mol. The first-order chi connectivity index (χ1) is 15.7. The number of halogens is 1. The lowest BCUT2D eigenvalue weighted by molar-refractivity contribution is 0.0267. The Kier molecular flexibility index (Phi) is 6.32. The van der Waals surface area contributed by atoms with E-state index in [-0.39, 0.29) is 25.6 Å². The van der Waals surface area contributed by atoms with Crippen LogP contribution in [0, 0.1) is 5.41 Å². The molecule has 4 rings (SSSR count). The fourth-order valence-electron chi connectivity index (χ4n) is 4.63. The molecule has 1 N–H and O–H groups in total. The highest BCUT2D eigenvalue weighted by molar-refractivity contribution is 5.79. The number of amides is 2. The number of nitrogens with zero attached hydrogens (tertiary/aromatic N) is 1. The van der Waals surface area contributed by atoms with E-state index in [4.69, 9.17) is 9.47 Å². The van der Waals surface area contributed by atoms with Crippen LogP contribution in [-0.2, 0) is 9.47 Å². The number of hydrogen-bond acceptors (Lipinski definition) is 4. The van der Waals surface area contributed by atoms with Crippen molar-refractivity contribution < 1.29 is 23.5 Å². The molecule has 0 unspecified atom stereocenters. The summed E-state index contributed by atoms with van der Waals surface area (Å²) in [4.78, 5) is 26.3. The summed E-state index contributed by atoms with van der Waals surface area (Å²) in [5, 5.41) is 2.72. The summed E-state index contributed by atoms with van der Waals surface area (Å²) in [7, 11) is 0. The van der Waals surface area contributed by atoms with E-state index >= 15 is 0 Å². The van der Waals surface area contributed by atoms with Crippen LogP contribution in [0.5, 0.6) is 0 Å². The second-order valence-electron chi connectivity index (χ2n) is 9.96. The summed E-state index contributed by atoms with van der Waals surface area (Å²) < 4.78 is 24.9. The SMILES string of the molecule is CC(C)(C)OC(=O)N1CC[C@](CF)(CNC(=O)OCC2c3ccccc3-c3ccccc32)C1. The molecule has 1 heterocycles. The van der Waals surface area contributed by atoms with Gasteiger partial charge in [-0.1, -0.05) is 48.5 Å². The second-order valence-corrected chi connectivity index (χ2v) is 9.96. The van der Waals surface area contributed by atoms with Crippen LogP contribution in [0.1, 0.15) is 44.2 Å². The van der Waals surface area contributed by atoms with Gasteiger partial charge in [0.05, 0.1) is 6.67 Å². The Balaban J connectivity index is 1.33. The van der Waals surface area contributed by atoms with Crippen molar-refractivity contribution >= 4 is 12.2 Å². The highest BCUT2D eigenvalue weighted by atomic mass is 19.1. The van der Waals surface area contributed by atoms with Gasteiger partial charge in [0, 0.05) is 31.0 Å². The standard InChI is InChI=1S/C26H31FN2O4/c1-25(2,3)33-24(31)29-13-12-26(15-27,17-29)16-28-23(30)32-14-22-20-10-6-4-8-18(20)19-9-5-7-11-21(19)22/h4-11,22H,12-17H2,1-3H3,(H,28,30)/t26-/m0/s1. The molecule has 0 spiro atoms. The molecule has 2 aromatic rings. The predicted octanol–water partition coefficient (Wildman–Crippen LogP) is 5.12. The van der Waals surface area contributed by atoms with E-state index in [0.29, 0.717) is 13.0 Å². The lowest BCUT2D eigenvalue weighted by atomic mass is 9.89. The average Bonchev–Trinajstić information content (AvgIpc) is 3.36. The fraction of sp³-hybridized carbons (Fsp3) is 0.462. The zero-order valence-corrected chi connectivity index (χ0v) is 19.4. The lowest BCUT2D eigenvalue weighted by Crippen LogP contribution is -2.43. The number of carbonyl (C=O) groups is 2. The molecule has 0 radical (unpaired) electrons. The van der Waals surface area contributed by atoms with Gasteiger partial charge in [0.2, 0.25) is 0 Å². The second kappa shape index (κ2) is 9.04. The normalized spacial score (nSPS) is 19.7. The van der Waals surface area contributed by atoms with Gasteiger partial charge < -0.3 is 19.7 Å². The zero-order valence-electron chi connectivity index (χ0n) is 19.4. The van der Waals surface area contributed by atoms with Gasteiger partial charge in [0.1, 0.15) is 12.2 Å². The Labute approximate surface area is 194 Å². The van der Waals surface area contributed by atoms with Crippen LogP contribution in [-0.4, -0.2) is 55.6 Å². The van der Waals surface area contributed by atoms with Crippen molar-refractivity contribution in [3.8, 4) is 11.1 Å². The van der Waals surface area contributed by atoms with E-state index in [1.54, 1.807) is 20.8 Å². The highest BCUT2D eigenvalue weighted by Gasteiger charge is 2.42. The average molecular weight is 455 g/mol. The van der Waals surface area contributed by atoms with Crippen LogP contribution in [0.4, 0.5) is 14.0 Å². The first-order valence-corrected chi connectivity index (χ1v) is 11.3. The van der Waals surface area contributed by atoms with Crippen LogP contribution >= 0.6 is 0 Å². The molecular formula is C26H31FN2O4. The Morgan fingerprint density at radius 2 is 1.70 bits per heavy atom. The van der Waals surface area contributed by atoms with Crippen molar-refractivity contribution in [1.29, 1.82) is 0 Å². The smallest absolute Gasteiger partial charge is 0.410 e. The molecule has 2 aliphatic rings. The topological polar surface area (TPSA) is 67.9 Å². The number of nitrogens with one attached hydrogen (secondary N) is 1. The van der Waals surface area contributed by atoms with Gasteiger partial charge in [-0.2, -0.15) is 0 Å². The quantitative estimate of drug-likeness (QED) is 0.681. The zero-order chi connectivity index (χ0) is 23.6. The number of hydrogen-bond donors (Lipinski definition) is 1. The minimum atomic E-state index is -0.831. The minimum Gasteiger partial charge on any atom is -0.449 e. The molecule has 1 atom stereocenters. The van der Waals surface area contributed by atoms with E-state index in [1.807, 2.05) is 24.3 Å². The van der Waals surface area contributed by atoms with Gasteiger partial charge in [-0.05, 0) is 49.4 Å². The van der Waals surface area contributed by atoms with E-state index in [2.05, 4.69) is 29.6 Å². The molecule has 7 heteroatoms. The number of benzene rings is 2. The van der Waals surface area contributed by atoms with E-state index in [0.717, 1.165) is 22.3 Å². The number of carbonyl (C=O) groups excluding carboxylic acids is 2. The molecule has 0 bridgehead atoms. The summed E-state index contributed by atoms with van der Waals surface area (Å²) in [5.41, 5.74) is 3.14. The first-order valence-electron chi connectivity index (χ1n) is 11.3. The van der Waals surface area contributed by atoms with Crippen LogP contribution < -0.4 is 5.32 Å². The summed E-state index contributed by atoms with van der Waals surface area (Å²) in [6, 6.07) is 16.3. The Morgan fingerprint density at radius 1 is 1.09 bits per heavy atom. The lowest BCUT2D eigenvalue weighted by Gasteiger charge is -2.28. The third-order valence-corrected chi connectivity index (χ3v) is 6.32. The molecule has 0 aromatic heterocycles. The van der Waals surface area contributed by atoms with E-state index in [1.165, 1.54) is 4.90 Å².